The summed E-state index contributed by atoms with van der Waals surface area (Å²) in [5.74, 6) is -10.6. The molecule has 0 radical (unpaired) electrons. The lowest BCUT2D eigenvalue weighted by Crippen LogP contribution is -2.63. The Morgan fingerprint density at radius 1 is 0.396 bits per heavy atom. The van der Waals surface area contributed by atoms with Gasteiger partial charge in [-0.15, -0.1) is 0 Å². The third kappa shape index (κ3) is 15.7. The van der Waals surface area contributed by atoms with Crippen LogP contribution in [0, 0.1) is 23.7 Å². The van der Waals surface area contributed by atoms with Crippen LogP contribution in [0.2, 0.25) is 0 Å². The molecule has 2 spiro atoms. The summed E-state index contributed by atoms with van der Waals surface area (Å²) in [4.78, 5) is 156. The van der Waals surface area contributed by atoms with Crippen LogP contribution in [-0.4, -0.2) is 154 Å². The lowest BCUT2D eigenvalue weighted by molar-refractivity contribution is -0.143. The van der Waals surface area contributed by atoms with Gasteiger partial charge in [0.15, 0.2) is 0 Å². The summed E-state index contributed by atoms with van der Waals surface area (Å²) in [6, 6.07) is 27.4. The molecule has 2 aliphatic carbocycles. The topological polar surface area (TPSA) is 325 Å². The minimum atomic E-state index is -1.74. The quantitative estimate of drug-likeness (QED) is 0.0734. The highest BCUT2D eigenvalue weighted by Crippen LogP contribution is 2.65. The van der Waals surface area contributed by atoms with Crippen molar-refractivity contribution in [2.75, 3.05) is 26.2 Å². The summed E-state index contributed by atoms with van der Waals surface area (Å²) < 4.78 is 0. The van der Waals surface area contributed by atoms with Crippen molar-refractivity contribution < 1.29 is 47.9 Å². The van der Waals surface area contributed by atoms with Gasteiger partial charge in [0.05, 0.1) is 0 Å². The van der Waals surface area contributed by atoms with Crippen molar-refractivity contribution in [3.63, 3.8) is 0 Å². The molecule has 22 nitrogen and oxygen atoms in total. The highest BCUT2D eigenvalue weighted by atomic mass is 16.2. The number of benzene rings is 4. The summed E-state index contributed by atoms with van der Waals surface area (Å²) in [7, 11) is 0. The Bertz CT molecular complexity index is 3100. The van der Waals surface area contributed by atoms with Crippen LogP contribution in [0.15, 0.2) is 121 Å². The van der Waals surface area contributed by atoms with Crippen LogP contribution < -0.4 is 54.0 Å². The number of hydrogen-bond acceptors (Lipinski definition) is 12. The minimum absolute atomic E-state index is 0.0537. The molecule has 10 amide bonds. The van der Waals surface area contributed by atoms with E-state index in [9.17, 15) is 9.59 Å². The Labute approximate surface area is 564 Å². The zero-order chi connectivity index (χ0) is 69.2. The number of carbonyl (C=O) groups is 10. The molecule has 5 aliphatic rings. The molecule has 2 saturated carbocycles. The molecule has 4 aromatic rings. The van der Waals surface area contributed by atoms with Crippen LogP contribution in [0.1, 0.15) is 166 Å². The summed E-state index contributed by atoms with van der Waals surface area (Å²) in [5.41, 5.74) is 11.6. The standard InChI is InChI=1S/C74H100N12O10/c1-43(2)41-53-69(93)85-39-23-35-55(85)65(89)83-73(57(47-25-13-9-14-26-47)58(73)48-27-15-10-16-28-48)71(95)82-62(46(7)8)68(92)78-52(34-22-38-76)64(88)80-54(42-44(3)4)70(94)86-40-24-36-56(86)66(90)84-74(59(49-29-17-11-18-30-49)60(74)50-31-19-12-20-32-50)72(96)81-61(45(5)6)67(91)77-51(33-21-37-75)63(87)79-53/h9-20,25-32,43-46,51-62H,21-24,33-42,75-76H2,1-8H3,(H,77,91)(H,78,92)(H,79,87)(H,80,88)(H,81,96)(H,82,95)(H,83,89)(H,84,90)/t51-,52-,53-,54-,55+,56+,57+,58+,59+,60+,61-,62-/m0/s1. The maximum Gasteiger partial charge on any atom is 0.247 e. The minimum Gasteiger partial charge on any atom is -0.343 e. The van der Waals surface area contributed by atoms with Crippen LogP contribution in [0.3, 0.4) is 0 Å². The van der Waals surface area contributed by atoms with E-state index in [2.05, 4.69) is 42.5 Å². The Morgan fingerprint density at radius 3 is 0.958 bits per heavy atom. The Kier molecular flexibility index (Phi) is 23.6. The van der Waals surface area contributed by atoms with Crippen LogP contribution in [-0.2, 0) is 47.9 Å². The van der Waals surface area contributed by atoms with Gasteiger partial charge in [-0.25, -0.2) is 0 Å². The van der Waals surface area contributed by atoms with Crippen molar-refractivity contribution in [3.8, 4) is 0 Å². The molecule has 12 N–H and O–H groups in total. The van der Waals surface area contributed by atoms with E-state index in [0.29, 0.717) is 12.8 Å². The first kappa shape index (κ1) is 71.8. The highest BCUT2D eigenvalue weighted by molar-refractivity contribution is 6.05. The molecule has 4 aromatic carbocycles. The third-order valence-electron chi connectivity index (χ3n) is 19.9. The monoisotopic (exact) mass is 1320 g/mol. The van der Waals surface area contributed by atoms with Crippen molar-refractivity contribution in [1.29, 1.82) is 0 Å². The lowest BCUT2D eigenvalue weighted by atomic mass is 9.98. The SMILES string of the molecule is CC(C)C[C@@H]1NC(=O)[C@H](CCCN)NC(=O)[C@H](C(C)C)NC(=O)C2(NC(=O)[C@H]3CCCN3C(=O)[C@H](CC(C)C)NC(=O)[C@H](CCCN)NC(=O)[C@H](C(C)C)NC(=O)C3(NC(=O)[C@H]4CCCN4C1=O)[C@H](c1ccccc1)[C@H]3c1ccccc1)[C@H](c1ccccc1)[C@H]2c1ccccc1. The number of rotatable bonds is 16. The van der Waals surface area contributed by atoms with Gasteiger partial charge in [-0.3, -0.25) is 47.9 Å². The molecular weight excluding hydrogens is 1220 g/mol. The maximum atomic E-state index is 15.8. The molecule has 0 unspecified atom stereocenters. The Balaban J connectivity index is 1.14. The van der Waals surface area contributed by atoms with Crippen molar-refractivity contribution in [3.05, 3.63) is 144 Å². The van der Waals surface area contributed by atoms with Crippen LogP contribution in [0.25, 0.3) is 0 Å². The van der Waals surface area contributed by atoms with Gasteiger partial charge in [0.1, 0.15) is 59.4 Å². The van der Waals surface area contributed by atoms with E-state index < -0.39 is 154 Å². The largest absolute Gasteiger partial charge is 0.343 e. The summed E-state index contributed by atoms with van der Waals surface area (Å²) in [6.07, 6.45) is 2.23. The van der Waals surface area contributed by atoms with Gasteiger partial charge in [0.25, 0.3) is 0 Å². The smallest absolute Gasteiger partial charge is 0.247 e. The second-order valence-electron chi connectivity index (χ2n) is 28.4. The third-order valence-corrected chi connectivity index (χ3v) is 19.9. The van der Waals surface area contributed by atoms with E-state index in [1.165, 1.54) is 9.80 Å². The zero-order valence-corrected chi connectivity index (χ0v) is 56.8. The van der Waals surface area contributed by atoms with Gasteiger partial charge in [0, 0.05) is 36.8 Å². The molecule has 12 atom stereocenters. The van der Waals surface area contributed by atoms with Crippen LogP contribution in [0.5, 0.6) is 0 Å². The fourth-order valence-electron chi connectivity index (χ4n) is 15.0. The van der Waals surface area contributed by atoms with E-state index in [1.54, 1.807) is 27.7 Å². The van der Waals surface area contributed by atoms with E-state index in [4.69, 9.17) is 11.5 Å². The van der Waals surface area contributed by atoms with Gasteiger partial charge < -0.3 is 63.8 Å². The molecule has 0 bridgehead atoms. The average molecular weight is 1320 g/mol. The number of hydrogen-bond donors (Lipinski definition) is 10. The van der Waals surface area contributed by atoms with Gasteiger partial charge >= 0.3 is 0 Å². The predicted octanol–water partition coefficient (Wildman–Crippen LogP) is 4.65. The first-order valence-corrected chi connectivity index (χ1v) is 34.7. The molecule has 3 heterocycles. The summed E-state index contributed by atoms with van der Waals surface area (Å²) in [5, 5.41) is 24.2. The van der Waals surface area contributed by atoms with Crippen molar-refractivity contribution >= 4 is 59.1 Å². The number of nitrogens with zero attached hydrogens (tertiary/aromatic N) is 2. The van der Waals surface area contributed by atoms with Crippen molar-refractivity contribution in [1.82, 2.24) is 52.3 Å². The van der Waals surface area contributed by atoms with E-state index >= 15 is 38.4 Å². The molecule has 516 valence electrons. The fourth-order valence-corrected chi connectivity index (χ4v) is 15.0. The van der Waals surface area contributed by atoms with E-state index in [0.717, 1.165) is 22.3 Å². The van der Waals surface area contributed by atoms with Crippen LogP contribution in [0.4, 0.5) is 0 Å². The molecular formula is C74H100N12O10. The number of fused-ring (bicyclic) bond motifs is 2. The number of amides is 10. The number of nitrogens with one attached hydrogen (secondary N) is 8. The van der Waals surface area contributed by atoms with Gasteiger partial charge in [0.2, 0.25) is 59.1 Å². The highest BCUT2D eigenvalue weighted by Gasteiger charge is 2.73. The van der Waals surface area contributed by atoms with Crippen molar-refractivity contribution in [2.45, 2.75) is 203 Å². The molecule has 5 fully saturated rings. The second-order valence-corrected chi connectivity index (χ2v) is 28.4. The molecule has 3 aliphatic heterocycles. The van der Waals surface area contributed by atoms with E-state index in [1.807, 2.05) is 149 Å². The first-order valence-electron chi connectivity index (χ1n) is 34.7. The number of nitrogens with two attached hydrogens (primary N) is 2. The fraction of sp³-hybridized carbons (Fsp3) is 0.541. The lowest BCUT2D eigenvalue weighted by Gasteiger charge is -2.33. The average Bonchev–Trinajstić information content (AvgIpc) is 1.53. The molecule has 9 rings (SSSR count). The Hall–Kier alpha value is -8.50. The van der Waals surface area contributed by atoms with Crippen LogP contribution >= 0.6 is 0 Å². The summed E-state index contributed by atoms with van der Waals surface area (Å²) in [6.45, 7) is 15.2. The molecule has 0 aromatic heterocycles. The molecule has 96 heavy (non-hydrogen) atoms. The molecule has 22 heteroatoms. The van der Waals surface area contributed by atoms with Gasteiger partial charge in [-0.1, -0.05) is 177 Å². The maximum absolute atomic E-state index is 15.8. The first-order chi connectivity index (χ1) is 46.0. The Morgan fingerprint density at radius 2 is 0.688 bits per heavy atom. The zero-order valence-electron chi connectivity index (χ0n) is 56.8. The number of carbonyl (C=O) groups excluding carboxylic acids is 10. The predicted molar refractivity (Wildman–Crippen MR) is 365 cm³/mol. The van der Waals surface area contributed by atoms with E-state index in [-0.39, 0.29) is 89.4 Å². The second kappa shape index (κ2) is 31.6. The summed E-state index contributed by atoms with van der Waals surface area (Å²) >= 11 is 0. The van der Waals surface area contributed by atoms with Crippen molar-refractivity contribution in [2.24, 2.45) is 35.1 Å². The van der Waals surface area contributed by atoms with Gasteiger partial charge in [-0.2, -0.15) is 0 Å². The van der Waals surface area contributed by atoms with Gasteiger partial charge in [-0.05, 0) is 123 Å². The molecule has 3 saturated heterocycles. The normalized spacial score (nSPS) is 29.9.